The highest BCUT2D eigenvalue weighted by Gasteiger charge is 2.79. The Balaban J connectivity index is 1.53. The molecule has 0 spiro atoms. The summed E-state index contributed by atoms with van der Waals surface area (Å²) in [5, 5.41) is 0. The minimum atomic E-state index is -5.90. The summed E-state index contributed by atoms with van der Waals surface area (Å²) in [7, 11) is -5.90. The molecule has 0 aromatic heterocycles. The Morgan fingerprint density at radius 2 is 1.56 bits per heavy atom. The zero-order valence-electron chi connectivity index (χ0n) is 15.8. The molecule has 32 heavy (non-hydrogen) atoms. The number of hydrogen-bond donors (Lipinski definition) is 0. The SMILES string of the molecule is O=C(c1ccc(F)cc1F)C(F)(F)C12CC(c3cccc(OS(=O)(=O)C(F)(F)F)c3)(C1)C2. The lowest BCUT2D eigenvalue weighted by atomic mass is 9.31. The fraction of sp³-hybridized carbons (Fsp3) is 0.350. The third-order valence-electron chi connectivity index (χ3n) is 6.09. The number of carbonyl (C=O) groups is 1. The first-order valence-electron chi connectivity index (χ1n) is 9.12. The summed E-state index contributed by atoms with van der Waals surface area (Å²) in [6.45, 7) is 0. The summed E-state index contributed by atoms with van der Waals surface area (Å²) in [5.74, 6) is -8.80. The van der Waals surface area contributed by atoms with Crippen LogP contribution >= 0.6 is 0 Å². The number of carbonyl (C=O) groups excluding carboxylic acids is 1. The van der Waals surface area contributed by atoms with Gasteiger partial charge in [-0.05, 0) is 54.5 Å². The number of halogens is 7. The molecule has 3 fully saturated rings. The van der Waals surface area contributed by atoms with Crippen LogP contribution in [0.15, 0.2) is 42.5 Å². The molecule has 0 amide bonds. The Morgan fingerprint density at radius 1 is 0.938 bits per heavy atom. The van der Waals surface area contributed by atoms with E-state index in [1.165, 1.54) is 12.1 Å². The molecule has 4 nitrogen and oxygen atoms in total. The van der Waals surface area contributed by atoms with Crippen LogP contribution < -0.4 is 4.18 Å². The van der Waals surface area contributed by atoms with E-state index in [1.54, 1.807) is 0 Å². The van der Waals surface area contributed by atoms with Crippen molar-refractivity contribution in [2.24, 2.45) is 5.41 Å². The van der Waals surface area contributed by atoms with Gasteiger partial charge in [0.05, 0.1) is 5.56 Å². The van der Waals surface area contributed by atoms with Crippen molar-refractivity contribution >= 4 is 15.9 Å². The van der Waals surface area contributed by atoms with E-state index in [-0.39, 0.29) is 24.8 Å². The van der Waals surface area contributed by atoms with Gasteiger partial charge in [0.15, 0.2) is 0 Å². The summed E-state index contributed by atoms with van der Waals surface area (Å²) in [6, 6.07) is 6.31. The molecule has 0 saturated heterocycles. The number of benzene rings is 2. The van der Waals surface area contributed by atoms with Crippen LogP contribution in [0.5, 0.6) is 5.75 Å². The first-order chi connectivity index (χ1) is 14.6. The number of rotatable bonds is 6. The van der Waals surface area contributed by atoms with Gasteiger partial charge < -0.3 is 4.18 Å². The van der Waals surface area contributed by atoms with Gasteiger partial charge in [-0.25, -0.2) is 8.78 Å². The lowest BCUT2D eigenvalue weighted by molar-refractivity contribution is -0.256. The summed E-state index contributed by atoms with van der Waals surface area (Å²) in [6.07, 6.45) is -0.676. The summed E-state index contributed by atoms with van der Waals surface area (Å²) < 4.78 is 121. The van der Waals surface area contributed by atoms with Crippen LogP contribution in [0.25, 0.3) is 0 Å². The summed E-state index contributed by atoms with van der Waals surface area (Å²) in [5.41, 5.74) is -8.97. The molecule has 0 unspecified atom stereocenters. The highest BCUT2D eigenvalue weighted by Crippen LogP contribution is 2.78. The van der Waals surface area contributed by atoms with E-state index in [2.05, 4.69) is 4.18 Å². The Hall–Kier alpha value is -2.63. The molecule has 2 bridgehead atoms. The van der Waals surface area contributed by atoms with Crippen LogP contribution in [0.4, 0.5) is 30.7 Å². The zero-order chi connectivity index (χ0) is 23.7. The van der Waals surface area contributed by atoms with Crippen molar-refractivity contribution in [1.29, 1.82) is 0 Å². The van der Waals surface area contributed by atoms with E-state index in [0.717, 1.165) is 12.1 Å². The predicted molar refractivity (Wildman–Crippen MR) is 95.6 cm³/mol. The van der Waals surface area contributed by atoms with Crippen molar-refractivity contribution in [3.63, 3.8) is 0 Å². The smallest absolute Gasteiger partial charge is 0.376 e. The normalized spacial score (nSPS) is 25.0. The van der Waals surface area contributed by atoms with Gasteiger partial charge in [-0.2, -0.15) is 30.4 Å². The maximum Gasteiger partial charge on any atom is 0.534 e. The fourth-order valence-electron chi connectivity index (χ4n) is 4.56. The minimum absolute atomic E-state index is 0.225. The topological polar surface area (TPSA) is 60.4 Å². The monoisotopic (exact) mass is 482 g/mol. The number of alkyl halides is 5. The largest absolute Gasteiger partial charge is 0.534 e. The quantitative estimate of drug-likeness (QED) is 0.248. The van der Waals surface area contributed by atoms with E-state index in [4.69, 9.17) is 0 Å². The van der Waals surface area contributed by atoms with Crippen molar-refractivity contribution < 1.29 is 48.1 Å². The van der Waals surface area contributed by atoms with Gasteiger partial charge >= 0.3 is 21.5 Å². The maximum absolute atomic E-state index is 14.9. The van der Waals surface area contributed by atoms with Crippen molar-refractivity contribution in [3.8, 4) is 5.75 Å². The Morgan fingerprint density at radius 3 is 2.12 bits per heavy atom. The average molecular weight is 482 g/mol. The molecule has 3 aliphatic rings. The second-order valence-corrected chi connectivity index (χ2v) is 9.67. The molecule has 0 radical (unpaired) electrons. The standard InChI is InChI=1S/C20H13F7O4S/c21-12-4-5-14(15(22)7-12)16(28)19(23,24)18-8-17(9-18,10-18)11-2-1-3-13(6-11)31-32(29,30)20(25,26)27/h1-7H,8-10H2. The first-order valence-corrected chi connectivity index (χ1v) is 10.5. The molecular formula is C20H13F7O4S. The van der Waals surface area contributed by atoms with Crippen molar-refractivity contribution in [2.45, 2.75) is 36.1 Å². The van der Waals surface area contributed by atoms with E-state index < -0.39 is 61.1 Å². The Kier molecular flexibility index (Phi) is 4.72. The molecule has 0 atom stereocenters. The molecule has 0 aliphatic heterocycles. The van der Waals surface area contributed by atoms with Gasteiger partial charge in [0, 0.05) is 11.5 Å². The molecule has 12 heteroatoms. The second-order valence-electron chi connectivity index (χ2n) is 8.13. The van der Waals surface area contributed by atoms with Gasteiger partial charge in [-0.1, -0.05) is 12.1 Å². The zero-order valence-corrected chi connectivity index (χ0v) is 16.7. The maximum atomic E-state index is 14.9. The lowest BCUT2D eigenvalue weighted by Gasteiger charge is -2.72. The lowest BCUT2D eigenvalue weighted by Crippen LogP contribution is -2.73. The molecule has 172 valence electrons. The van der Waals surface area contributed by atoms with E-state index in [1.807, 2.05) is 0 Å². The summed E-state index contributed by atoms with van der Waals surface area (Å²) >= 11 is 0. The molecule has 5 rings (SSSR count). The van der Waals surface area contributed by atoms with Crippen LogP contribution in [0.3, 0.4) is 0 Å². The molecule has 0 heterocycles. The molecular weight excluding hydrogens is 469 g/mol. The number of ketones is 1. The highest BCUT2D eigenvalue weighted by atomic mass is 32.2. The fourth-order valence-corrected chi connectivity index (χ4v) is 5.01. The predicted octanol–water partition coefficient (Wildman–Crippen LogP) is 5.13. The van der Waals surface area contributed by atoms with Crippen LogP contribution in [0, 0.1) is 17.0 Å². The third-order valence-corrected chi connectivity index (χ3v) is 7.07. The highest BCUT2D eigenvalue weighted by molar-refractivity contribution is 7.88. The molecule has 2 aromatic rings. The molecule has 2 aromatic carbocycles. The summed E-state index contributed by atoms with van der Waals surface area (Å²) in [4.78, 5) is 12.3. The van der Waals surface area contributed by atoms with Gasteiger partial charge in [0.1, 0.15) is 17.4 Å². The Bertz CT molecular complexity index is 1200. The van der Waals surface area contributed by atoms with Crippen molar-refractivity contribution in [2.75, 3.05) is 0 Å². The molecule has 3 saturated carbocycles. The van der Waals surface area contributed by atoms with Gasteiger partial charge in [-0.15, -0.1) is 0 Å². The van der Waals surface area contributed by atoms with Crippen LogP contribution in [-0.4, -0.2) is 25.6 Å². The number of Topliss-reactive ketones (excluding diaryl/α,β-unsaturated/α-hetero) is 1. The van der Waals surface area contributed by atoms with Gasteiger partial charge in [-0.3, -0.25) is 4.79 Å². The van der Waals surface area contributed by atoms with E-state index in [0.29, 0.717) is 18.2 Å². The minimum Gasteiger partial charge on any atom is -0.376 e. The third kappa shape index (κ3) is 3.18. The average Bonchev–Trinajstić information content (AvgIpc) is 2.57. The van der Waals surface area contributed by atoms with E-state index in [9.17, 15) is 43.9 Å². The second kappa shape index (κ2) is 6.69. The van der Waals surface area contributed by atoms with Crippen molar-refractivity contribution in [1.82, 2.24) is 0 Å². The first kappa shape index (κ1) is 22.6. The molecule has 0 N–H and O–H groups in total. The molecule has 3 aliphatic carbocycles. The van der Waals surface area contributed by atoms with Crippen molar-refractivity contribution in [3.05, 3.63) is 65.2 Å². The number of hydrogen-bond acceptors (Lipinski definition) is 4. The van der Waals surface area contributed by atoms with Crippen LogP contribution in [0.1, 0.15) is 35.2 Å². The Labute approximate surface area is 177 Å². The van der Waals surface area contributed by atoms with E-state index >= 15 is 0 Å². The van der Waals surface area contributed by atoms with Crippen LogP contribution in [0.2, 0.25) is 0 Å². The van der Waals surface area contributed by atoms with Crippen LogP contribution in [-0.2, 0) is 15.5 Å². The van der Waals surface area contributed by atoms with Gasteiger partial charge in [0.2, 0.25) is 5.78 Å². The van der Waals surface area contributed by atoms with Gasteiger partial charge in [0.25, 0.3) is 0 Å².